The lowest BCUT2D eigenvalue weighted by Gasteiger charge is -2.43. The SMILES string of the molecule is CC(=O)OC[C@H]1O[C@H](Oc2cc(OC(C)=O)cc(C(=O)O)c2)[C@@H](OC(C)=O)[C@H](OC(C)=O)[C@H]1OC(C)=O. The maximum atomic E-state index is 11.9. The normalized spacial score (nSPS) is 22.7. The van der Waals surface area contributed by atoms with Gasteiger partial charge in [0.2, 0.25) is 12.4 Å². The number of aromatic carboxylic acids is 1. The van der Waals surface area contributed by atoms with E-state index >= 15 is 0 Å². The summed E-state index contributed by atoms with van der Waals surface area (Å²) in [6.07, 6.45) is -7.29. The van der Waals surface area contributed by atoms with Crippen LogP contribution in [0.3, 0.4) is 0 Å². The van der Waals surface area contributed by atoms with Crippen molar-refractivity contribution in [3.8, 4) is 11.5 Å². The summed E-state index contributed by atoms with van der Waals surface area (Å²) in [6.45, 7) is 4.93. The zero-order chi connectivity index (χ0) is 27.9. The van der Waals surface area contributed by atoms with Crippen molar-refractivity contribution >= 4 is 35.8 Å². The van der Waals surface area contributed by atoms with Gasteiger partial charge in [-0.15, -0.1) is 0 Å². The van der Waals surface area contributed by atoms with Crippen molar-refractivity contribution in [3.05, 3.63) is 23.8 Å². The molecule has 0 aromatic heterocycles. The lowest BCUT2D eigenvalue weighted by molar-refractivity contribution is -0.288. The Morgan fingerprint density at radius 3 is 1.78 bits per heavy atom. The summed E-state index contributed by atoms with van der Waals surface area (Å²) in [7, 11) is 0. The van der Waals surface area contributed by atoms with Crippen molar-refractivity contribution in [2.45, 2.75) is 65.3 Å². The summed E-state index contributed by atoms with van der Waals surface area (Å²) >= 11 is 0. The second kappa shape index (κ2) is 12.7. The van der Waals surface area contributed by atoms with E-state index in [0.29, 0.717) is 0 Å². The first-order chi connectivity index (χ1) is 17.3. The second-order valence-electron chi connectivity index (χ2n) is 7.78. The van der Waals surface area contributed by atoms with Gasteiger partial charge in [-0.1, -0.05) is 0 Å². The standard InChI is InChI=1S/C23H26O14/c1-10(24)31-9-18-19(33-12(3)26)20(34-13(4)27)21(35-14(5)28)23(37-18)36-17-7-15(22(29)30)6-16(8-17)32-11(2)25/h6-8,18-21,23H,9H2,1-5H3,(H,29,30)/t18-,19+,20-,21+,23+/m1/s1. The predicted molar refractivity (Wildman–Crippen MR) is 117 cm³/mol. The molecular formula is C23H26O14. The van der Waals surface area contributed by atoms with Crippen LogP contribution in [0.1, 0.15) is 45.0 Å². The van der Waals surface area contributed by atoms with Crippen molar-refractivity contribution in [3.63, 3.8) is 0 Å². The number of ether oxygens (including phenoxy) is 7. The molecule has 1 aliphatic heterocycles. The molecule has 0 bridgehead atoms. The van der Waals surface area contributed by atoms with Crippen LogP contribution in [0.25, 0.3) is 0 Å². The zero-order valence-corrected chi connectivity index (χ0v) is 20.6. The fraction of sp³-hybridized carbons (Fsp3) is 0.478. The van der Waals surface area contributed by atoms with Crippen molar-refractivity contribution in [2.75, 3.05) is 6.61 Å². The van der Waals surface area contributed by atoms with Gasteiger partial charge < -0.3 is 38.3 Å². The van der Waals surface area contributed by atoms with E-state index in [1.54, 1.807) is 0 Å². The molecule has 1 aliphatic rings. The highest BCUT2D eigenvalue weighted by Crippen LogP contribution is 2.32. The Hall–Kier alpha value is -4.20. The average molecular weight is 526 g/mol. The summed E-state index contributed by atoms with van der Waals surface area (Å²) in [4.78, 5) is 70.0. The topological polar surface area (TPSA) is 187 Å². The minimum Gasteiger partial charge on any atom is -0.478 e. The third-order valence-corrected chi connectivity index (χ3v) is 4.59. The average Bonchev–Trinajstić information content (AvgIpc) is 2.74. The number of rotatable bonds is 9. The zero-order valence-electron chi connectivity index (χ0n) is 20.6. The summed E-state index contributed by atoms with van der Waals surface area (Å²) in [5, 5.41) is 9.42. The van der Waals surface area contributed by atoms with E-state index in [1.165, 1.54) is 6.07 Å². The monoisotopic (exact) mass is 526 g/mol. The van der Waals surface area contributed by atoms with E-state index in [4.69, 9.17) is 33.2 Å². The van der Waals surface area contributed by atoms with Crippen LogP contribution in [0, 0.1) is 0 Å². The molecule has 0 unspecified atom stereocenters. The number of carbonyl (C=O) groups excluding carboxylic acids is 5. The van der Waals surface area contributed by atoms with Crippen LogP contribution in [0.2, 0.25) is 0 Å². The molecule has 1 fully saturated rings. The van der Waals surface area contributed by atoms with Gasteiger partial charge in [0.1, 0.15) is 24.2 Å². The maximum Gasteiger partial charge on any atom is 0.335 e. The van der Waals surface area contributed by atoms with E-state index in [-0.39, 0.29) is 17.1 Å². The molecule has 0 radical (unpaired) electrons. The fourth-order valence-corrected chi connectivity index (χ4v) is 3.41. The molecular weight excluding hydrogens is 500 g/mol. The van der Waals surface area contributed by atoms with Gasteiger partial charge >= 0.3 is 35.8 Å². The van der Waals surface area contributed by atoms with Gasteiger partial charge in [-0.25, -0.2) is 4.79 Å². The molecule has 5 atom stereocenters. The van der Waals surface area contributed by atoms with E-state index in [2.05, 4.69) is 0 Å². The van der Waals surface area contributed by atoms with Crippen LogP contribution in [0.15, 0.2) is 18.2 Å². The van der Waals surface area contributed by atoms with E-state index < -0.39 is 73.1 Å². The summed E-state index contributed by atoms with van der Waals surface area (Å²) < 4.78 is 37.3. The highest BCUT2D eigenvalue weighted by atomic mass is 16.7. The number of carboxylic acids is 1. The largest absolute Gasteiger partial charge is 0.478 e. The Kier molecular flexibility index (Phi) is 9.94. The predicted octanol–water partition coefficient (Wildman–Crippen LogP) is 0.772. The highest BCUT2D eigenvalue weighted by Gasteiger charge is 2.53. The molecule has 2 rings (SSSR count). The molecule has 1 heterocycles. The van der Waals surface area contributed by atoms with E-state index in [0.717, 1.165) is 46.8 Å². The van der Waals surface area contributed by atoms with Gasteiger partial charge in [-0.05, 0) is 12.1 Å². The minimum absolute atomic E-state index is 0.173. The summed E-state index contributed by atoms with van der Waals surface area (Å²) in [5.41, 5.74) is -0.320. The Balaban J connectivity index is 2.56. The Morgan fingerprint density at radius 2 is 1.27 bits per heavy atom. The molecule has 1 saturated heterocycles. The van der Waals surface area contributed by atoms with E-state index in [1.807, 2.05) is 0 Å². The third-order valence-electron chi connectivity index (χ3n) is 4.59. The molecule has 0 spiro atoms. The van der Waals surface area contributed by atoms with Crippen LogP contribution in [0.5, 0.6) is 11.5 Å². The first kappa shape index (κ1) is 29.0. The van der Waals surface area contributed by atoms with Crippen molar-refractivity contribution in [1.29, 1.82) is 0 Å². The number of esters is 5. The van der Waals surface area contributed by atoms with Crippen LogP contribution >= 0.6 is 0 Å². The third kappa shape index (κ3) is 8.75. The lowest BCUT2D eigenvalue weighted by Crippen LogP contribution is -2.63. The van der Waals surface area contributed by atoms with Gasteiger partial charge in [0.05, 0.1) is 5.56 Å². The van der Waals surface area contributed by atoms with Crippen molar-refractivity contribution in [1.82, 2.24) is 0 Å². The molecule has 202 valence electrons. The number of carbonyl (C=O) groups is 6. The number of benzene rings is 1. The summed E-state index contributed by atoms with van der Waals surface area (Å²) in [6, 6.07) is 3.31. The van der Waals surface area contributed by atoms with Crippen molar-refractivity contribution in [2.24, 2.45) is 0 Å². The molecule has 14 nitrogen and oxygen atoms in total. The van der Waals surface area contributed by atoms with Gasteiger partial charge in [-0.3, -0.25) is 24.0 Å². The van der Waals surface area contributed by atoms with Crippen LogP contribution in [-0.4, -0.2) is 78.2 Å². The van der Waals surface area contributed by atoms with Crippen LogP contribution < -0.4 is 9.47 Å². The Bertz CT molecular complexity index is 1060. The number of carboxylic acid groups (broad SMARTS) is 1. The Morgan fingerprint density at radius 1 is 0.730 bits per heavy atom. The van der Waals surface area contributed by atoms with Gasteiger partial charge in [0.15, 0.2) is 12.2 Å². The van der Waals surface area contributed by atoms with Gasteiger partial charge in [0.25, 0.3) is 0 Å². The quantitative estimate of drug-likeness (QED) is 0.270. The van der Waals surface area contributed by atoms with Crippen LogP contribution in [0.4, 0.5) is 0 Å². The van der Waals surface area contributed by atoms with Crippen LogP contribution in [-0.2, 0) is 47.7 Å². The Labute approximate surface area is 210 Å². The molecule has 14 heteroatoms. The van der Waals surface area contributed by atoms with Gasteiger partial charge in [-0.2, -0.15) is 0 Å². The molecule has 1 aromatic rings. The molecule has 1 aromatic carbocycles. The molecule has 1 N–H and O–H groups in total. The molecule has 0 amide bonds. The number of hydrogen-bond acceptors (Lipinski definition) is 13. The summed E-state index contributed by atoms with van der Waals surface area (Å²) in [5.74, 6) is -5.67. The first-order valence-corrected chi connectivity index (χ1v) is 10.8. The second-order valence-corrected chi connectivity index (χ2v) is 7.78. The van der Waals surface area contributed by atoms with E-state index in [9.17, 15) is 33.9 Å². The van der Waals surface area contributed by atoms with Gasteiger partial charge in [0, 0.05) is 40.7 Å². The fourth-order valence-electron chi connectivity index (χ4n) is 3.41. The maximum absolute atomic E-state index is 11.9. The molecule has 0 aliphatic carbocycles. The molecule has 37 heavy (non-hydrogen) atoms. The highest BCUT2D eigenvalue weighted by molar-refractivity contribution is 5.89. The smallest absolute Gasteiger partial charge is 0.335 e. The number of hydrogen-bond donors (Lipinski definition) is 1. The lowest BCUT2D eigenvalue weighted by atomic mass is 9.98. The molecule has 0 saturated carbocycles. The first-order valence-electron chi connectivity index (χ1n) is 10.8. The van der Waals surface area contributed by atoms with Crippen molar-refractivity contribution < 1.29 is 67.0 Å². The minimum atomic E-state index is -1.60.